The highest BCUT2D eigenvalue weighted by Gasteiger charge is 2.07. The molecule has 2 rings (SSSR count). The first-order valence-electron chi connectivity index (χ1n) is 6.96. The normalized spacial score (nSPS) is 10.5. The van der Waals surface area contributed by atoms with Gasteiger partial charge < -0.3 is 15.5 Å². The van der Waals surface area contributed by atoms with Crippen molar-refractivity contribution in [2.75, 3.05) is 37.8 Å². The van der Waals surface area contributed by atoms with Crippen LogP contribution in [0.4, 0.5) is 11.5 Å². The molecule has 1 heterocycles. The molecule has 6 heteroatoms. The van der Waals surface area contributed by atoms with Crippen molar-refractivity contribution in [2.24, 2.45) is 0 Å². The van der Waals surface area contributed by atoms with Crippen molar-refractivity contribution in [1.82, 2.24) is 9.88 Å². The molecule has 0 aliphatic heterocycles. The number of nitrogens with zero attached hydrogens (tertiary/aromatic N) is 2. The number of rotatable bonds is 6. The molecule has 0 aliphatic rings. The lowest BCUT2D eigenvalue weighted by Gasteiger charge is -2.11. The van der Waals surface area contributed by atoms with E-state index >= 15 is 0 Å². The number of likely N-dealkylation sites (N-methyl/N-ethyl adjacent to an activating group) is 1. The summed E-state index contributed by atoms with van der Waals surface area (Å²) in [5, 5.41) is 6.05. The molecule has 0 aliphatic carbocycles. The minimum Gasteiger partial charge on any atom is -0.369 e. The summed E-state index contributed by atoms with van der Waals surface area (Å²) in [6.07, 6.45) is 1.57. The van der Waals surface area contributed by atoms with Gasteiger partial charge in [-0.05, 0) is 44.4 Å². The Morgan fingerprint density at radius 2 is 2.09 bits per heavy atom. The Labute approximate surface area is 138 Å². The van der Waals surface area contributed by atoms with E-state index < -0.39 is 0 Å². The zero-order valence-corrected chi connectivity index (χ0v) is 14.2. The first-order valence-corrected chi connectivity index (χ1v) is 7.75. The number of carbonyl (C=O) groups excluding carboxylic acids is 1. The van der Waals surface area contributed by atoms with Crippen molar-refractivity contribution in [2.45, 2.75) is 0 Å². The van der Waals surface area contributed by atoms with Gasteiger partial charge in [0.25, 0.3) is 5.91 Å². The Kier molecular flexibility index (Phi) is 5.91. The van der Waals surface area contributed by atoms with Gasteiger partial charge in [0, 0.05) is 29.4 Å². The molecule has 0 radical (unpaired) electrons. The van der Waals surface area contributed by atoms with Crippen LogP contribution in [0.5, 0.6) is 0 Å². The van der Waals surface area contributed by atoms with Crippen LogP contribution in [0, 0.1) is 0 Å². The van der Waals surface area contributed by atoms with Crippen LogP contribution < -0.4 is 10.6 Å². The lowest BCUT2D eigenvalue weighted by atomic mass is 10.2. The molecular weight excluding hydrogens is 344 g/mol. The van der Waals surface area contributed by atoms with E-state index in [1.807, 2.05) is 44.4 Å². The second kappa shape index (κ2) is 7.91. The molecule has 0 unspecified atom stereocenters. The smallest absolute Gasteiger partial charge is 0.257 e. The molecule has 22 heavy (non-hydrogen) atoms. The standard InChI is InChI=1S/C16H19BrN4O/c1-21(2)9-8-18-15-7-6-12(11-19-15)16(22)20-14-5-3-4-13(17)10-14/h3-7,10-11H,8-9H2,1-2H3,(H,18,19)(H,20,22). The summed E-state index contributed by atoms with van der Waals surface area (Å²) in [6, 6.07) is 11.0. The van der Waals surface area contributed by atoms with E-state index in [4.69, 9.17) is 0 Å². The van der Waals surface area contributed by atoms with Crippen LogP contribution in [0.2, 0.25) is 0 Å². The third-order valence-corrected chi connectivity index (χ3v) is 3.47. The van der Waals surface area contributed by atoms with E-state index in [-0.39, 0.29) is 5.91 Å². The number of pyridine rings is 1. The number of hydrogen-bond donors (Lipinski definition) is 2. The van der Waals surface area contributed by atoms with Crippen LogP contribution in [0.3, 0.4) is 0 Å². The van der Waals surface area contributed by atoms with Gasteiger partial charge in [0.15, 0.2) is 0 Å². The van der Waals surface area contributed by atoms with Gasteiger partial charge in [0.1, 0.15) is 5.82 Å². The Bertz CT molecular complexity index is 628. The third kappa shape index (κ3) is 5.13. The minimum absolute atomic E-state index is 0.176. The fourth-order valence-electron chi connectivity index (χ4n) is 1.81. The van der Waals surface area contributed by atoms with Gasteiger partial charge in [-0.3, -0.25) is 4.79 Å². The minimum atomic E-state index is -0.176. The van der Waals surface area contributed by atoms with Gasteiger partial charge >= 0.3 is 0 Å². The van der Waals surface area contributed by atoms with Gasteiger partial charge in [-0.1, -0.05) is 22.0 Å². The average molecular weight is 363 g/mol. The summed E-state index contributed by atoms with van der Waals surface area (Å²) in [4.78, 5) is 18.5. The largest absolute Gasteiger partial charge is 0.369 e. The van der Waals surface area contributed by atoms with Crippen molar-refractivity contribution in [3.8, 4) is 0 Å². The Balaban J connectivity index is 1.93. The molecule has 2 aromatic rings. The molecule has 0 saturated heterocycles. The van der Waals surface area contributed by atoms with Crippen molar-refractivity contribution >= 4 is 33.3 Å². The highest BCUT2D eigenvalue weighted by Crippen LogP contribution is 2.16. The second-order valence-electron chi connectivity index (χ2n) is 5.13. The molecule has 0 saturated carbocycles. The fourth-order valence-corrected chi connectivity index (χ4v) is 2.21. The molecule has 1 aromatic carbocycles. The second-order valence-corrected chi connectivity index (χ2v) is 6.04. The predicted molar refractivity (Wildman–Crippen MR) is 93.4 cm³/mol. The summed E-state index contributed by atoms with van der Waals surface area (Å²) in [5.74, 6) is 0.589. The molecule has 5 nitrogen and oxygen atoms in total. The van der Waals surface area contributed by atoms with E-state index in [0.717, 1.165) is 29.1 Å². The number of aromatic nitrogens is 1. The summed E-state index contributed by atoms with van der Waals surface area (Å²) in [7, 11) is 4.04. The first-order chi connectivity index (χ1) is 10.5. The Morgan fingerprint density at radius 1 is 1.27 bits per heavy atom. The lowest BCUT2D eigenvalue weighted by Crippen LogP contribution is -2.21. The maximum atomic E-state index is 12.1. The van der Waals surface area contributed by atoms with E-state index in [1.54, 1.807) is 12.3 Å². The van der Waals surface area contributed by atoms with E-state index in [1.165, 1.54) is 0 Å². The van der Waals surface area contributed by atoms with Crippen LogP contribution in [0.1, 0.15) is 10.4 Å². The number of halogens is 1. The maximum absolute atomic E-state index is 12.1. The molecule has 0 fully saturated rings. The van der Waals surface area contributed by atoms with Gasteiger partial charge in [-0.2, -0.15) is 0 Å². The van der Waals surface area contributed by atoms with Crippen LogP contribution in [-0.2, 0) is 0 Å². The molecule has 0 atom stereocenters. The number of nitrogens with one attached hydrogen (secondary N) is 2. The van der Waals surface area contributed by atoms with Gasteiger partial charge in [0.05, 0.1) is 5.56 Å². The zero-order valence-electron chi connectivity index (χ0n) is 12.6. The van der Waals surface area contributed by atoms with Crippen molar-refractivity contribution in [3.63, 3.8) is 0 Å². The van der Waals surface area contributed by atoms with Crippen LogP contribution in [0.25, 0.3) is 0 Å². The third-order valence-electron chi connectivity index (χ3n) is 2.97. The molecule has 0 spiro atoms. The molecule has 0 bridgehead atoms. The average Bonchev–Trinajstić information content (AvgIpc) is 2.47. The molecular formula is C16H19BrN4O. The molecule has 1 aromatic heterocycles. The number of amides is 1. The SMILES string of the molecule is CN(C)CCNc1ccc(C(=O)Nc2cccc(Br)c2)cn1. The zero-order chi connectivity index (χ0) is 15.9. The van der Waals surface area contributed by atoms with Crippen molar-refractivity contribution in [1.29, 1.82) is 0 Å². The molecule has 116 valence electrons. The van der Waals surface area contributed by atoms with Gasteiger partial charge in [0.2, 0.25) is 0 Å². The lowest BCUT2D eigenvalue weighted by molar-refractivity contribution is 0.102. The van der Waals surface area contributed by atoms with Crippen molar-refractivity contribution in [3.05, 3.63) is 52.6 Å². The highest BCUT2D eigenvalue weighted by molar-refractivity contribution is 9.10. The van der Waals surface area contributed by atoms with E-state index in [9.17, 15) is 4.79 Å². The number of benzene rings is 1. The van der Waals surface area contributed by atoms with Crippen molar-refractivity contribution < 1.29 is 4.79 Å². The summed E-state index contributed by atoms with van der Waals surface area (Å²) in [6.45, 7) is 1.73. The quantitative estimate of drug-likeness (QED) is 0.828. The Morgan fingerprint density at radius 3 is 2.73 bits per heavy atom. The van der Waals surface area contributed by atoms with Crippen LogP contribution in [-0.4, -0.2) is 43.0 Å². The van der Waals surface area contributed by atoms with E-state index in [0.29, 0.717) is 5.56 Å². The van der Waals surface area contributed by atoms with Gasteiger partial charge in [-0.25, -0.2) is 4.98 Å². The van der Waals surface area contributed by atoms with E-state index in [2.05, 4.69) is 36.4 Å². The topological polar surface area (TPSA) is 57.3 Å². The number of anilines is 2. The molecule has 2 N–H and O–H groups in total. The summed E-state index contributed by atoms with van der Waals surface area (Å²) >= 11 is 3.38. The Hall–Kier alpha value is -1.92. The number of hydrogen-bond acceptors (Lipinski definition) is 4. The van der Waals surface area contributed by atoms with Crippen LogP contribution >= 0.6 is 15.9 Å². The predicted octanol–water partition coefficient (Wildman–Crippen LogP) is 3.07. The van der Waals surface area contributed by atoms with Gasteiger partial charge in [-0.15, -0.1) is 0 Å². The monoisotopic (exact) mass is 362 g/mol. The summed E-state index contributed by atoms with van der Waals surface area (Å²) in [5.41, 5.74) is 1.27. The van der Waals surface area contributed by atoms with Crippen LogP contribution in [0.15, 0.2) is 47.1 Å². The first kappa shape index (κ1) is 16.5. The summed E-state index contributed by atoms with van der Waals surface area (Å²) < 4.78 is 0.920. The number of carbonyl (C=O) groups is 1. The fraction of sp³-hybridized carbons (Fsp3) is 0.250. The molecule has 1 amide bonds. The maximum Gasteiger partial charge on any atom is 0.257 e. The highest BCUT2D eigenvalue weighted by atomic mass is 79.9.